The van der Waals surface area contributed by atoms with Gasteiger partial charge >= 0.3 is 0 Å². The fraction of sp³-hybridized carbons (Fsp3) is 0.647. The normalized spacial score (nSPS) is 20.6. The second-order valence-corrected chi connectivity index (χ2v) is 5.87. The lowest BCUT2D eigenvalue weighted by molar-refractivity contribution is -0.0472. The lowest BCUT2D eigenvalue weighted by Crippen LogP contribution is -2.40. The molecule has 2 rings (SSSR count). The van der Waals surface area contributed by atoms with Gasteiger partial charge in [0.2, 0.25) is 0 Å². The van der Waals surface area contributed by atoms with Crippen LogP contribution in [0.3, 0.4) is 0 Å². The summed E-state index contributed by atoms with van der Waals surface area (Å²) >= 11 is 0. The van der Waals surface area contributed by atoms with Crippen molar-refractivity contribution in [3.8, 4) is 0 Å². The van der Waals surface area contributed by atoms with Crippen molar-refractivity contribution < 1.29 is 4.74 Å². The van der Waals surface area contributed by atoms with Crippen LogP contribution >= 0.6 is 0 Å². The zero-order valence-corrected chi connectivity index (χ0v) is 12.5. The Bertz CT molecular complexity index is 413. The fourth-order valence-corrected chi connectivity index (χ4v) is 2.84. The second kappa shape index (κ2) is 6.06. The molecule has 0 heterocycles. The van der Waals surface area contributed by atoms with Crippen LogP contribution in [0.2, 0.25) is 0 Å². The van der Waals surface area contributed by atoms with E-state index in [0.717, 1.165) is 12.3 Å². The second-order valence-electron chi connectivity index (χ2n) is 5.87. The van der Waals surface area contributed by atoms with Crippen LogP contribution in [0.15, 0.2) is 24.3 Å². The smallest absolute Gasteiger partial charge is 0.0843 e. The van der Waals surface area contributed by atoms with Crippen molar-refractivity contribution in [1.29, 1.82) is 0 Å². The zero-order chi connectivity index (χ0) is 13.9. The Morgan fingerprint density at radius 1 is 1.37 bits per heavy atom. The van der Waals surface area contributed by atoms with Gasteiger partial charge in [0.1, 0.15) is 0 Å². The maximum Gasteiger partial charge on any atom is 0.0843 e. The Morgan fingerprint density at radius 3 is 2.63 bits per heavy atom. The largest absolute Gasteiger partial charge is 0.374 e. The molecule has 0 spiro atoms. The molecule has 0 radical (unpaired) electrons. The van der Waals surface area contributed by atoms with Gasteiger partial charge in [-0.2, -0.15) is 0 Å². The zero-order valence-electron chi connectivity index (χ0n) is 12.5. The molecular formula is C17H27NO. The van der Waals surface area contributed by atoms with Gasteiger partial charge in [0.25, 0.3) is 0 Å². The van der Waals surface area contributed by atoms with Crippen molar-refractivity contribution in [3.63, 3.8) is 0 Å². The molecular weight excluding hydrogens is 234 g/mol. The first-order chi connectivity index (χ1) is 9.10. The van der Waals surface area contributed by atoms with Gasteiger partial charge in [-0.25, -0.2) is 0 Å². The number of hydrogen-bond donors (Lipinski definition) is 1. The molecule has 0 aliphatic heterocycles. The molecule has 106 valence electrons. The lowest BCUT2D eigenvalue weighted by atomic mass is 9.78. The minimum absolute atomic E-state index is 0.0579. The van der Waals surface area contributed by atoms with Gasteiger partial charge in [0.05, 0.1) is 11.6 Å². The average molecular weight is 261 g/mol. The Hall–Kier alpha value is -0.860. The van der Waals surface area contributed by atoms with E-state index < -0.39 is 0 Å². The van der Waals surface area contributed by atoms with E-state index in [-0.39, 0.29) is 11.6 Å². The molecule has 1 aromatic rings. The SMILES string of the molecule is CCOC(C)(CC)C(N)c1cccc(C2CCC2)c1. The predicted molar refractivity (Wildman–Crippen MR) is 80.3 cm³/mol. The summed E-state index contributed by atoms with van der Waals surface area (Å²) in [6.07, 6.45) is 4.95. The van der Waals surface area contributed by atoms with Gasteiger partial charge in [-0.05, 0) is 50.2 Å². The number of benzene rings is 1. The van der Waals surface area contributed by atoms with E-state index in [4.69, 9.17) is 10.5 Å². The Balaban J connectivity index is 2.19. The molecule has 2 nitrogen and oxygen atoms in total. The highest BCUT2D eigenvalue weighted by atomic mass is 16.5. The van der Waals surface area contributed by atoms with E-state index in [1.54, 1.807) is 0 Å². The Morgan fingerprint density at radius 2 is 2.11 bits per heavy atom. The van der Waals surface area contributed by atoms with E-state index in [2.05, 4.69) is 38.1 Å². The molecule has 1 saturated carbocycles. The van der Waals surface area contributed by atoms with Gasteiger partial charge in [-0.3, -0.25) is 0 Å². The third-order valence-corrected chi connectivity index (χ3v) is 4.68. The van der Waals surface area contributed by atoms with Crippen LogP contribution in [0, 0.1) is 0 Å². The molecule has 1 aliphatic carbocycles. The van der Waals surface area contributed by atoms with Crippen LogP contribution in [0.4, 0.5) is 0 Å². The van der Waals surface area contributed by atoms with E-state index >= 15 is 0 Å². The van der Waals surface area contributed by atoms with Crippen molar-refractivity contribution in [1.82, 2.24) is 0 Å². The molecule has 0 bridgehead atoms. The van der Waals surface area contributed by atoms with Crippen molar-refractivity contribution in [3.05, 3.63) is 35.4 Å². The first-order valence-corrected chi connectivity index (χ1v) is 7.60. The van der Waals surface area contributed by atoms with Crippen LogP contribution in [-0.4, -0.2) is 12.2 Å². The third-order valence-electron chi connectivity index (χ3n) is 4.68. The highest BCUT2D eigenvalue weighted by Gasteiger charge is 2.32. The molecule has 19 heavy (non-hydrogen) atoms. The first kappa shape index (κ1) is 14.5. The minimum Gasteiger partial charge on any atom is -0.374 e. The van der Waals surface area contributed by atoms with Gasteiger partial charge in [-0.1, -0.05) is 37.6 Å². The van der Waals surface area contributed by atoms with E-state index in [9.17, 15) is 0 Å². The summed E-state index contributed by atoms with van der Waals surface area (Å²) in [5.41, 5.74) is 8.87. The van der Waals surface area contributed by atoms with Crippen LogP contribution in [0.1, 0.15) is 69.5 Å². The average Bonchev–Trinajstić information content (AvgIpc) is 2.36. The predicted octanol–water partition coefficient (Wildman–Crippen LogP) is 4.16. The highest BCUT2D eigenvalue weighted by molar-refractivity contribution is 5.31. The van der Waals surface area contributed by atoms with Crippen molar-refractivity contribution in [2.45, 2.75) is 64.0 Å². The number of rotatable bonds is 6. The summed E-state index contributed by atoms with van der Waals surface area (Å²) in [4.78, 5) is 0. The summed E-state index contributed by atoms with van der Waals surface area (Å²) in [5, 5.41) is 0. The van der Waals surface area contributed by atoms with Gasteiger partial charge in [0, 0.05) is 6.61 Å². The third kappa shape index (κ3) is 3.01. The molecule has 2 atom stereocenters. The molecule has 0 amide bonds. The summed E-state index contributed by atoms with van der Waals surface area (Å²) in [6.45, 7) is 7.01. The van der Waals surface area contributed by atoms with Crippen molar-refractivity contribution >= 4 is 0 Å². The van der Waals surface area contributed by atoms with Gasteiger partial charge in [0.15, 0.2) is 0 Å². The van der Waals surface area contributed by atoms with E-state index in [1.165, 1.54) is 30.4 Å². The van der Waals surface area contributed by atoms with Crippen LogP contribution in [-0.2, 0) is 4.74 Å². The van der Waals surface area contributed by atoms with Crippen LogP contribution < -0.4 is 5.73 Å². The Kier molecular flexibility index (Phi) is 4.64. The number of hydrogen-bond acceptors (Lipinski definition) is 2. The van der Waals surface area contributed by atoms with Crippen molar-refractivity contribution in [2.24, 2.45) is 5.73 Å². The molecule has 2 heteroatoms. The highest BCUT2D eigenvalue weighted by Crippen LogP contribution is 2.38. The molecule has 1 aromatic carbocycles. The topological polar surface area (TPSA) is 35.2 Å². The summed E-state index contributed by atoms with van der Waals surface area (Å²) < 4.78 is 5.91. The van der Waals surface area contributed by atoms with Crippen LogP contribution in [0.5, 0.6) is 0 Å². The summed E-state index contributed by atoms with van der Waals surface area (Å²) in [6, 6.07) is 8.76. The van der Waals surface area contributed by atoms with Crippen molar-refractivity contribution in [2.75, 3.05) is 6.61 Å². The molecule has 0 saturated heterocycles. The molecule has 1 aliphatic rings. The Labute approximate surface area is 117 Å². The summed E-state index contributed by atoms with van der Waals surface area (Å²) in [5.74, 6) is 0.757. The lowest BCUT2D eigenvalue weighted by Gasteiger charge is -2.35. The van der Waals surface area contributed by atoms with Crippen LogP contribution in [0.25, 0.3) is 0 Å². The number of ether oxygens (including phenoxy) is 1. The maximum absolute atomic E-state index is 6.47. The minimum atomic E-state index is -0.271. The monoisotopic (exact) mass is 261 g/mol. The number of nitrogens with two attached hydrogens (primary N) is 1. The van der Waals surface area contributed by atoms with E-state index in [0.29, 0.717) is 6.61 Å². The fourth-order valence-electron chi connectivity index (χ4n) is 2.84. The quantitative estimate of drug-likeness (QED) is 0.834. The molecule has 2 unspecified atom stereocenters. The van der Waals surface area contributed by atoms with Gasteiger partial charge in [-0.15, -0.1) is 0 Å². The standard InChI is InChI=1S/C17H27NO/c1-4-17(3,19-5-2)16(18)15-11-7-10-14(12-15)13-8-6-9-13/h7,10-13,16H,4-6,8-9,18H2,1-3H3. The maximum atomic E-state index is 6.47. The van der Waals surface area contributed by atoms with Gasteiger partial charge < -0.3 is 10.5 Å². The molecule has 0 aromatic heterocycles. The first-order valence-electron chi connectivity index (χ1n) is 7.60. The molecule has 2 N–H and O–H groups in total. The molecule has 1 fully saturated rings. The summed E-state index contributed by atoms with van der Waals surface area (Å²) in [7, 11) is 0. The van der Waals surface area contributed by atoms with E-state index in [1.807, 2.05) is 6.92 Å².